The van der Waals surface area contributed by atoms with Crippen molar-refractivity contribution in [3.05, 3.63) is 40.9 Å². The Bertz CT molecular complexity index is 1130. The van der Waals surface area contributed by atoms with E-state index in [1.165, 1.54) is 6.33 Å². The maximum Gasteiger partial charge on any atom is 0.272 e. The van der Waals surface area contributed by atoms with Crippen molar-refractivity contribution in [3.63, 3.8) is 0 Å². The summed E-state index contributed by atoms with van der Waals surface area (Å²) in [6.45, 7) is 5.08. The molecule has 1 aromatic heterocycles. The fourth-order valence-electron chi connectivity index (χ4n) is 4.84. The smallest absolute Gasteiger partial charge is 0.272 e. The molecule has 206 valence electrons. The minimum atomic E-state index is -0.447. The number of aromatic nitrogens is 2. The molecule has 38 heavy (non-hydrogen) atoms. The normalized spacial score (nSPS) is 20.4. The van der Waals surface area contributed by atoms with Crippen LogP contribution in [0.1, 0.15) is 53.6 Å². The number of aromatic amines is 1. The second-order valence-corrected chi connectivity index (χ2v) is 10.1. The van der Waals surface area contributed by atoms with Gasteiger partial charge in [-0.1, -0.05) is 11.6 Å². The van der Waals surface area contributed by atoms with E-state index in [1.54, 1.807) is 20.1 Å². The van der Waals surface area contributed by atoms with Gasteiger partial charge in [-0.15, -0.1) is 0 Å². The van der Waals surface area contributed by atoms with Crippen LogP contribution < -0.4 is 20.9 Å². The van der Waals surface area contributed by atoms with Crippen LogP contribution >= 0.6 is 11.6 Å². The van der Waals surface area contributed by atoms with Gasteiger partial charge < -0.3 is 35.3 Å². The maximum atomic E-state index is 13.0. The number of rotatable bonds is 9. The SMILES string of the molecule is COCC(C)NC(=O)c1nc[nH]c1C(=O)N[C@H]1CC[C@H](C(=O)Nc2cc(N3CCOCC3)ccc2Cl)CC1. The predicted octanol–water partition coefficient (Wildman–Crippen LogP) is 2.59. The molecule has 2 heterocycles. The molecule has 1 aliphatic heterocycles. The summed E-state index contributed by atoms with van der Waals surface area (Å²) in [6, 6.07) is 5.33. The van der Waals surface area contributed by atoms with Gasteiger partial charge in [0.25, 0.3) is 11.8 Å². The van der Waals surface area contributed by atoms with Crippen molar-refractivity contribution >= 4 is 40.7 Å². The van der Waals surface area contributed by atoms with Gasteiger partial charge in [-0.25, -0.2) is 4.98 Å². The highest BCUT2D eigenvalue weighted by Gasteiger charge is 2.29. The topological polar surface area (TPSA) is 138 Å². The van der Waals surface area contributed by atoms with E-state index in [4.69, 9.17) is 21.1 Å². The van der Waals surface area contributed by atoms with E-state index in [0.717, 1.165) is 18.8 Å². The summed E-state index contributed by atoms with van der Waals surface area (Å²) in [5.74, 6) is -1.10. The number of methoxy groups -OCH3 is 1. The number of hydrogen-bond donors (Lipinski definition) is 4. The van der Waals surface area contributed by atoms with Crippen molar-refractivity contribution in [2.45, 2.75) is 44.7 Å². The van der Waals surface area contributed by atoms with Crippen molar-refractivity contribution in [1.29, 1.82) is 0 Å². The summed E-state index contributed by atoms with van der Waals surface area (Å²) in [7, 11) is 1.55. The number of halogens is 1. The zero-order chi connectivity index (χ0) is 27.1. The average Bonchev–Trinajstić information content (AvgIpc) is 3.41. The molecule has 12 heteroatoms. The van der Waals surface area contributed by atoms with E-state index >= 15 is 0 Å². The Labute approximate surface area is 227 Å². The van der Waals surface area contributed by atoms with Crippen molar-refractivity contribution < 1.29 is 23.9 Å². The molecule has 1 saturated heterocycles. The molecule has 4 rings (SSSR count). The first-order valence-electron chi connectivity index (χ1n) is 12.9. The first-order chi connectivity index (χ1) is 18.4. The zero-order valence-corrected chi connectivity index (χ0v) is 22.5. The van der Waals surface area contributed by atoms with Crippen molar-refractivity contribution in [2.24, 2.45) is 5.92 Å². The number of hydrogen-bond acceptors (Lipinski definition) is 7. The number of anilines is 2. The predicted molar refractivity (Wildman–Crippen MR) is 144 cm³/mol. The fraction of sp³-hybridized carbons (Fsp3) is 0.538. The fourth-order valence-corrected chi connectivity index (χ4v) is 5.01. The molecule has 1 atom stereocenters. The number of amides is 3. The van der Waals surface area contributed by atoms with E-state index in [0.29, 0.717) is 56.2 Å². The van der Waals surface area contributed by atoms with Crippen LogP contribution in [0.5, 0.6) is 0 Å². The lowest BCUT2D eigenvalue weighted by molar-refractivity contribution is -0.120. The molecule has 0 radical (unpaired) electrons. The highest BCUT2D eigenvalue weighted by Crippen LogP contribution is 2.31. The van der Waals surface area contributed by atoms with Crippen molar-refractivity contribution in [3.8, 4) is 0 Å². The first-order valence-corrected chi connectivity index (χ1v) is 13.3. The third-order valence-corrected chi connectivity index (χ3v) is 7.22. The summed E-state index contributed by atoms with van der Waals surface area (Å²) in [4.78, 5) is 47.4. The monoisotopic (exact) mass is 546 g/mol. The Morgan fingerprint density at radius 2 is 1.92 bits per heavy atom. The van der Waals surface area contributed by atoms with Crippen LogP contribution in [-0.4, -0.2) is 79.8 Å². The molecule has 4 N–H and O–H groups in total. The van der Waals surface area contributed by atoms with Crippen LogP contribution in [0, 0.1) is 5.92 Å². The van der Waals surface area contributed by atoms with Gasteiger partial charge in [0.15, 0.2) is 5.69 Å². The molecule has 0 bridgehead atoms. The van der Waals surface area contributed by atoms with Gasteiger partial charge in [-0.05, 0) is 50.8 Å². The lowest BCUT2D eigenvalue weighted by atomic mass is 9.85. The summed E-state index contributed by atoms with van der Waals surface area (Å²) in [5, 5.41) is 9.22. The summed E-state index contributed by atoms with van der Waals surface area (Å²) < 4.78 is 10.5. The van der Waals surface area contributed by atoms with Gasteiger partial charge in [0.2, 0.25) is 5.91 Å². The number of carbonyl (C=O) groups excluding carboxylic acids is 3. The van der Waals surface area contributed by atoms with Gasteiger partial charge in [0, 0.05) is 43.9 Å². The number of ether oxygens (including phenoxy) is 2. The molecule has 1 unspecified atom stereocenters. The van der Waals surface area contributed by atoms with Gasteiger partial charge in [-0.3, -0.25) is 14.4 Å². The van der Waals surface area contributed by atoms with Crippen LogP contribution in [0.4, 0.5) is 11.4 Å². The van der Waals surface area contributed by atoms with Crippen molar-refractivity contribution in [1.82, 2.24) is 20.6 Å². The van der Waals surface area contributed by atoms with Gasteiger partial charge >= 0.3 is 0 Å². The molecule has 3 amide bonds. The maximum absolute atomic E-state index is 13.0. The number of nitrogens with one attached hydrogen (secondary N) is 4. The standard InChI is InChI=1S/C26H35ClN6O5/c1-16(14-37-2)30-25(35)22-23(29-15-28-22)26(36)31-18-5-3-17(4-6-18)24(34)32-21-13-19(7-8-20(21)27)33-9-11-38-12-10-33/h7-8,13,15-18H,3-6,9-12,14H2,1-2H3,(H,28,29)(H,30,35)(H,31,36)(H,32,34)/t16?,17-,18-. The lowest BCUT2D eigenvalue weighted by Crippen LogP contribution is -2.41. The first kappa shape index (κ1) is 27.9. The number of benzene rings is 1. The Morgan fingerprint density at radius 3 is 2.63 bits per heavy atom. The molecule has 1 saturated carbocycles. The molecule has 2 aromatic rings. The van der Waals surface area contributed by atoms with E-state index in [9.17, 15) is 14.4 Å². The van der Waals surface area contributed by atoms with E-state index < -0.39 is 11.8 Å². The number of nitrogens with zero attached hydrogens (tertiary/aromatic N) is 2. The van der Waals surface area contributed by atoms with E-state index in [-0.39, 0.29) is 35.3 Å². The highest BCUT2D eigenvalue weighted by molar-refractivity contribution is 6.33. The van der Waals surface area contributed by atoms with Crippen LogP contribution in [0.15, 0.2) is 24.5 Å². The Hall–Kier alpha value is -3.15. The summed E-state index contributed by atoms with van der Waals surface area (Å²) in [5.41, 5.74) is 1.75. The second-order valence-electron chi connectivity index (χ2n) is 9.73. The van der Waals surface area contributed by atoms with Gasteiger partial charge in [0.05, 0.1) is 36.9 Å². The molecule has 2 fully saturated rings. The van der Waals surface area contributed by atoms with Crippen LogP contribution in [0.3, 0.4) is 0 Å². The zero-order valence-electron chi connectivity index (χ0n) is 21.7. The van der Waals surface area contributed by atoms with Crippen LogP contribution in [0.25, 0.3) is 0 Å². The molecule has 1 aliphatic carbocycles. The number of H-pyrrole nitrogens is 1. The molecule has 1 aromatic carbocycles. The van der Waals surface area contributed by atoms with E-state index in [1.807, 2.05) is 12.1 Å². The number of carbonyl (C=O) groups is 3. The largest absolute Gasteiger partial charge is 0.383 e. The van der Waals surface area contributed by atoms with Crippen molar-refractivity contribution in [2.75, 3.05) is 50.2 Å². The minimum absolute atomic E-state index is 0.0368. The molecule has 11 nitrogen and oxygen atoms in total. The molecular weight excluding hydrogens is 512 g/mol. The Kier molecular flexibility index (Phi) is 9.59. The number of morpholine rings is 1. The minimum Gasteiger partial charge on any atom is -0.383 e. The highest BCUT2D eigenvalue weighted by atomic mass is 35.5. The Morgan fingerprint density at radius 1 is 1.18 bits per heavy atom. The van der Waals surface area contributed by atoms with Crippen LogP contribution in [0.2, 0.25) is 5.02 Å². The molecule has 2 aliphatic rings. The van der Waals surface area contributed by atoms with Gasteiger partial charge in [-0.2, -0.15) is 0 Å². The quantitative estimate of drug-likeness (QED) is 0.379. The summed E-state index contributed by atoms with van der Waals surface area (Å²) >= 11 is 6.38. The molecule has 0 spiro atoms. The Balaban J connectivity index is 1.28. The summed E-state index contributed by atoms with van der Waals surface area (Å²) in [6.07, 6.45) is 3.87. The van der Waals surface area contributed by atoms with E-state index in [2.05, 4.69) is 30.8 Å². The molecular formula is C26H35ClN6O5. The third-order valence-electron chi connectivity index (χ3n) is 6.89. The average molecular weight is 547 g/mol. The van der Waals surface area contributed by atoms with Gasteiger partial charge in [0.1, 0.15) is 5.69 Å². The van der Waals surface area contributed by atoms with Crippen LogP contribution in [-0.2, 0) is 14.3 Å². The second kappa shape index (κ2) is 13.1. The lowest BCUT2D eigenvalue weighted by Gasteiger charge is -2.30. The number of imidazole rings is 1. The third kappa shape index (κ3) is 7.03.